The first kappa shape index (κ1) is 9.21. The topological polar surface area (TPSA) is 24.9 Å². The molecule has 0 amide bonds. The Morgan fingerprint density at radius 1 is 1.43 bits per heavy atom. The molecule has 0 atom stereocenters. The van der Waals surface area contributed by atoms with Gasteiger partial charge >= 0.3 is 0 Å². The van der Waals surface area contributed by atoms with E-state index in [1.165, 1.54) is 10.4 Å². The number of aromatic nitrogens is 1. The van der Waals surface area contributed by atoms with Crippen molar-refractivity contribution < 1.29 is 0 Å². The highest BCUT2D eigenvalue weighted by Crippen LogP contribution is 2.16. The van der Waals surface area contributed by atoms with Gasteiger partial charge in [0, 0.05) is 23.8 Å². The number of thiophene rings is 1. The van der Waals surface area contributed by atoms with Crippen LogP contribution >= 0.6 is 11.3 Å². The summed E-state index contributed by atoms with van der Waals surface area (Å²) >= 11 is 1.78. The molecule has 0 unspecified atom stereocenters. The van der Waals surface area contributed by atoms with E-state index in [2.05, 4.69) is 28.7 Å². The highest BCUT2D eigenvalue weighted by atomic mass is 32.1. The molecule has 0 aliphatic rings. The Kier molecular flexibility index (Phi) is 2.79. The molecule has 0 radical (unpaired) electrons. The van der Waals surface area contributed by atoms with Gasteiger partial charge in [-0.25, -0.2) is 0 Å². The molecule has 2 aromatic heterocycles. The first-order valence-electron chi connectivity index (χ1n) is 4.53. The maximum absolute atomic E-state index is 4.05. The average Bonchev–Trinajstić information content (AvgIpc) is 2.63. The number of hydrogen-bond donors (Lipinski definition) is 1. The number of rotatable bonds is 3. The van der Waals surface area contributed by atoms with E-state index in [1.807, 2.05) is 18.3 Å². The number of aryl methyl sites for hydroxylation is 1. The largest absolute Gasteiger partial charge is 0.380 e. The summed E-state index contributed by atoms with van der Waals surface area (Å²) in [6, 6.07) is 6.11. The Bertz CT molecular complexity index is 395. The van der Waals surface area contributed by atoms with E-state index in [0.717, 1.165) is 12.2 Å². The molecule has 0 aliphatic heterocycles. The van der Waals surface area contributed by atoms with Gasteiger partial charge in [0.05, 0.1) is 5.69 Å². The highest BCUT2D eigenvalue weighted by molar-refractivity contribution is 7.10. The van der Waals surface area contributed by atoms with Gasteiger partial charge in [0.1, 0.15) is 0 Å². The maximum atomic E-state index is 4.05. The van der Waals surface area contributed by atoms with Crippen molar-refractivity contribution in [1.82, 2.24) is 4.98 Å². The zero-order valence-corrected chi connectivity index (χ0v) is 8.84. The second kappa shape index (κ2) is 4.24. The van der Waals surface area contributed by atoms with Crippen molar-refractivity contribution in [2.75, 3.05) is 5.32 Å². The van der Waals surface area contributed by atoms with Crippen LogP contribution < -0.4 is 5.32 Å². The number of nitrogens with one attached hydrogen (secondary N) is 1. The summed E-state index contributed by atoms with van der Waals surface area (Å²) in [5.74, 6) is 0. The third-order valence-corrected chi connectivity index (χ3v) is 3.00. The third kappa shape index (κ3) is 2.12. The summed E-state index contributed by atoms with van der Waals surface area (Å²) in [5.41, 5.74) is 2.43. The van der Waals surface area contributed by atoms with Gasteiger partial charge in [-0.2, -0.15) is 0 Å². The van der Waals surface area contributed by atoms with E-state index in [0.29, 0.717) is 0 Å². The smallest absolute Gasteiger partial charge is 0.0529 e. The number of anilines is 1. The predicted molar refractivity (Wildman–Crippen MR) is 60.6 cm³/mol. The Morgan fingerprint density at radius 3 is 3.00 bits per heavy atom. The lowest BCUT2D eigenvalue weighted by atomic mass is 10.2. The van der Waals surface area contributed by atoms with Gasteiger partial charge in [-0.1, -0.05) is 0 Å². The Labute approximate surface area is 87.6 Å². The van der Waals surface area contributed by atoms with Crippen molar-refractivity contribution in [3.05, 3.63) is 46.4 Å². The van der Waals surface area contributed by atoms with Gasteiger partial charge in [-0.15, -0.1) is 11.3 Å². The zero-order chi connectivity index (χ0) is 9.80. The fraction of sp³-hybridized carbons (Fsp3) is 0.182. The van der Waals surface area contributed by atoms with E-state index >= 15 is 0 Å². The van der Waals surface area contributed by atoms with Gasteiger partial charge in [-0.3, -0.25) is 4.98 Å². The average molecular weight is 204 g/mol. The van der Waals surface area contributed by atoms with Crippen LogP contribution in [0, 0.1) is 6.92 Å². The van der Waals surface area contributed by atoms with Gasteiger partial charge in [0.2, 0.25) is 0 Å². The van der Waals surface area contributed by atoms with Crippen molar-refractivity contribution in [2.45, 2.75) is 13.5 Å². The minimum absolute atomic E-state index is 0.876. The molecule has 0 aromatic carbocycles. The van der Waals surface area contributed by atoms with Crippen LogP contribution in [0.5, 0.6) is 0 Å². The molecule has 1 N–H and O–H groups in total. The summed E-state index contributed by atoms with van der Waals surface area (Å²) in [7, 11) is 0. The Hall–Kier alpha value is -1.35. The molecule has 2 rings (SSSR count). The first-order valence-corrected chi connectivity index (χ1v) is 5.41. The zero-order valence-electron chi connectivity index (χ0n) is 8.03. The summed E-state index contributed by atoms with van der Waals surface area (Å²) in [5, 5.41) is 5.45. The SMILES string of the molecule is Cc1sccc1CNc1cccnc1. The van der Waals surface area contributed by atoms with E-state index < -0.39 is 0 Å². The van der Waals surface area contributed by atoms with Crippen molar-refractivity contribution >= 4 is 17.0 Å². The molecule has 0 bridgehead atoms. The second-order valence-electron chi connectivity index (χ2n) is 3.10. The van der Waals surface area contributed by atoms with Crippen molar-refractivity contribution in [2.24, 2.45) is 0 Å². The summed E-state index contributed by atoms with van der Waals surface area (Å²) < 4.78 is 0. The van der Waals surface area contributed by atoms with Crippen LogP contribution in [0.1, 0.15) is 10.4 Å². The molecule has 0 saturated heterocycles. The minimum Gasteiger partial charge on any atom is -0.380 e. The molecule has 0 spiro atoms. The van der Waals surface area contributed by atoms with Crippen LogP contribution in [0.25, 0.3) is 0 Å². The van der Waals surface area contributed by atoms with E-state index in [-0.39, 0.29) is 0 Å². The van der Waals surface area contributed by atoms with Gasteiger partial charge in [-0.05, 0) is 36.1 Å². The molecule has 2 nitrogen and oxygen atoms in total. The van der Waals surface area contributed by atoms with E-state index in [9.17, 15) is 0 Å². The van der Waals surface area contributed by atoms with Crippen LogP contribution in [0.2, 0.25) is 0 Å². The Morgan fingerprint density at radius 2 is 2.36 bits per heavy atom. The minimum atomic E-state index is 0.876. The molecule has 0 aliphatic carbocycles. The van der Waals surface area contributed by atoms with Gasteiger partial charge < -0.3 is 5.32 Å². The molecule has 3 heteroatoms. The molecule has 0 saturated carbocycles. The van der Waals surface area contributed by atoms with Crippen LogP contribution in [0.3, 0.4) is 0 Å². The van der Waals surface area contributed by atoms with E-state index in [4.69, 9.17) is 0 Å². The van der Waals surface area contributed by atoms with Crippen molar-refractivity contribution in [3.8, 4) is 0 Å². The first-order chi connectivity index (χ1) is 6.86. The monoisotopic (exact) mass is 204 g/mol. The van der Waals surface area contributed by atoms with Crippen molar-refractivity contribution in [3.63, 3.8) is 0 Å². The number of nitrogens with zero attached hydrogens (tertiary/aromatic N) is 1. The number of hydrogen-bond acceptors (Lipinski definition) is 3. The molecule has 0 fully saturated rings. The lowest BCUT2D eigenvalue weighted by Gasteiger charge is -2.04. The molecule has 14 heavy (non-hydrogen) atoms. The fourth-order valence-corrected chi connectivity index (χ4v) is 1.99. The normalized spacial score (nSPS) is 10.1. The predicted octanol–water partition coefficient (Wildman–Crippen LogP) is 3.06. The standard InChI is InChI=1S/C11H12N2S/c1-9-10(4-6-14-9)7-13-11-3-2-5-12-8-11/h2-6,8,13H,7H2,1H3. The maximum Gasteiger partial charge on any atom is 0.0529 e. The quantitative estimate of drug-likeness (QED) is 0.831. The molecule has 72 valence electrons. The van der Waals surface area contributed by atoms with E-state index in [1.54, 1.807) is 17.5 Å². The van der Waals surface area contributed by atoms with Crippen LogP contribution in [-0.4, -0.2) is 4.98 Å². The lowest BCUT2D eigenvalue weighted by Crippen LogP contribution is -1.99. The highest BCUT2D eigenvalue weighted by Gasteiger charge is 1.98. The van der Waals surface area contributed by atoms with Crippen LogP contribution in [0.4, 0.5) is 5.69 Å². The molecular formula is C11H12N2S. The van der Waals surface area contributed by atoms with Gasteiger partial charge in [0.25, 0.3) is 0 Å². The summed E-state index contributed by atoms with van der Waals surface area (Å²) in [6.45, 7) is 3.02. The summed E-state index contributed by atoms with van der Waals surface area (Å²) in [4.78, 5) is 5.42. The third-order valence-electron chi connectivity index (χ3n) is 2.11. The number of pyridine rings is 1. The fourth-order valence-electron chi connectivity index (χ4n) is 1.26. The Balaban J connectivity index is 1.99. The van der Waals surface area contributed by atoms with Crippen LogP contribution in [0.15, 0.2) is 36.0 Å². The lowest BCUT2D eigenvalue weighted by molar-refractivity contribution is 1.13. The second-order valence-corrected chi connectivity index (χ2v) is 4.22. The molecular weight excluding hydrogens is 192 g/mol. The van der Waals surface area contributed by atoms with Crippen molar-refractivity contribution in [1.29, 1.82) is 0 Å². The molecule has 2 heterocycles. The van der Waals surface area contributed by atoms with Crippen LogP contribution in [-0.2, 0) is 6.54 Å². The molecule has 2 aromatic rings. The van der Waals surface area contributed by atoms with Gasteiger partial charge in [0.15, 0.2) is 0 Å². The summed E-state index contributed by atoms with van der Waals surface area (Å²) in [6.07, 6.45) is 3.61.